The molecule has 2 aromatic rings. The summed E-state index contributed by atoms with van der Waals surface area (Å²) in [4.78, 5) is 23.4. The highest BCUT2D eigenvalue weighted by atomic mass is 19.1. The number of amides is 1. The number of nitrogens with zero attached hydrogens (tertiary/aromatic N) is 3. The van der Waals surface area contributed by atoms with Gasteiger partial charge in [-0.25, -0.2) is 14.4 Å². The molecule has 0 aliphatic carbocycles. The zero-order valence-electron chi connectivity index (χ0n) is 14.7. The van der Waals surface area contributed by atoms with E-state index < -0.39 is 0 Å². The van der Waals surface area contributed by atoms with E-state index in [0.717, 1.165) is 32.2 Å². The predicted octanol–water partition coefficient (Wildman–Crippen LogP) is 2.28. The van der Waals surface area contributed by atoms with Gasteiger partial charge in [-0.05, 0) is 43.9 Å². The van der Waals surface area contributed by atoms with E-state index in [9.17, 15) is 9.18 Å². The van der Waals surface area contributed by atoms with E-state index in [1.807, 2.05) is 0 Å². The summed E-state index contributed by atoms with van der Waals surface area (Å²) in [5, 5.41) is 3.86. The van der Waals surface area contributed by atoms with Gasteiger partial charge in [0.05, 0.1) is 11.4 Å². The van der Waals surface area contributed by atoms with Crippen molar-refractivity contribution in [2.24, 2.45) is 5.92 Å². The van der Waals surface area contributed by atoms with Crippen LogP contribution < -0.4 is 10.2 Å². The van der Waals surface area contributed by atoms with Gasteiger partial charge in [0.1, 0.15) is 18.0 Å². The lowest BCUT2D eigenvalue weighted by Crippen LogP contribution is -2.47. The second-order valence-electron chi connectivity index (χ2n) is 7.04. The van der Waals surface area contributed by atoms with Crippen LogP contribution in [0.15, 0.2) is 24.5 Å². The molecule has 26 heavy (non-hydrogen) atoms. The van der Waals surface area contributed by atoms with E-state index in [1.54, 1.807) is 6.07 Å². The summed E-state index contributed by atoms with van der Waals surface area (Å²) >= 11 is 0. The van der Waals surface area contributed by atoms with Gasteiger partial charge in [0.15, 0.2) is 0 Å². The molecular weight excluding hydrogens is 335 g/mol. The number of fused-ring (bicyclic) bond motifs is 1. The minimum atomic E-state index is -0.306. The van der Waals surface area contributed by atoms with Gasteiger partial charge < -0.3 is 15.0 Å². The zero-order chi connectivity index (χ0) is 17.9. The Balaban J connectivity index is 1.50. The third kappa shape index (κ3) is 3.62. The topological polar surface area (TPSA) is 67.3 Å². The first kappa shape index (κ1) is 17.1. The largest absolute Gasteiger partial charge is 0.381 e. The lowest BCUT2D eigenvalue weighted by Gasteiger charge is -2.34. The SMILES string of the molecule is O=C(NC1CCOCC1)C1CCCN(c2ncnc3ccc(F)cc23)C1. The third-order valence-electron chi connectivity index (χ3n) is 5.24. The first-order valence-electron chi connectivity index (χ1n) is 9.24. The fraction of sp³-hybridized carbons (Fsp3) is 0.526. The summed E-state index contributed by atoms with van der Waals surface area (Å²) in [5.41, 5.74) is 0.713. The van der Waals surface area contributed by atoms with Crippen LogP contribution in [0.5, 0.6) is 0 Å². The van der Waals surface area contributed by atoms with Crippen LogP contribution >= 0.6 is 0 Å². The molecule has 6 nitrogen and oxygen atoms in total. The monoisotopic (exact) mass is 358 g/mol. The smallest absolute Gasteiger partial charge is 0.225 e. The number of ether oxygens (including phenoxy) is 1. The fourth-order valence-electron chi connectivity index (χ4n) is 3.81. The van der Waals surface area contributed by atoms with Crippen molar-refractivity contribution < 1.29 is 13.9 Å². The second kappa shape index (κ2) is 7.53. The Morgan fingerprint density at radius 1 is 1.23 bits per heavy atom. The molecule has 0 bridgehead atoms. The van der Waals surface area contributed by atoms with Crippen LogP contribution in [0.3, 0.4) is 0 Å². The minimum absolute atomic E-state index is 0.0785. The van der Waals surface area contributed by atoms with Gasteiger partial charge in [-0.1, -0.05) is 0 Å². The Labute approximate surface area is 151 Å². The molecule has 138 valence electrons. The van der Waals surface area contributed by atoms with Gasteiger partial charge in [0.2, 0.25) is 5.91 Å². The van der Waals surface area contributed by atoms with Crippen molar-refractivity contribution in [3.05, 3.63) is 30.3 Å². The number of anilines is 1. The van der Waals surface area contributed by atoms with Crippen molar-refractivity contribution in [1.82, 2.24) is 15.3 Å². The molecule has 3 heterocycles. The van der Waals surface area contributed by atoms with Crippen LogP contribution in [0.1, 0.15) is 25.7 Å². The highest BCUT2D eigenvalue weighted by Crippen LogP contribution is 2.28. The van der Waals surface area contributed by atoms with Crippen molar-refractivity contribution >= 4 is 22.6 Å². The molecule has 1 aromatic heterocycles. The molecule has 1 atom stereocenters. The Hall–Kier alpha value is -2.28. The van der Waals surface area contributed by atoms with Crippen molar-refractivity contribution in [3.8, 4) is 0 Å². The lowest BCUT2D eigenvalue weighted by atomic mass is 9.96. The maximum absolute atomic E-state index is 13.7. The van der Waals surface area contributed by atoms with Gasteiger partial charge in [-0.3, -0.25) is 4.79 Å². The number of rotatable bonds is 3. The first-order valence-corrected chi connectivity index (χ1v) is 9.24. The van der Waals surface area contributed by atoms with Crippen LogP contribution in [0.2, 0.25) is 0 Å². The average Bonchev–Trinajstić information content (AvgIpc) is 2.68. The van der Waals surface area contributed by atoms with E-state index in [4.69, 9.17) is 4.74 Å². The molecular formula is C19H23FN4O2. The summed E-state index contributed by atoms with van der Waals surface area (Å²) in [5.74, 6) is 0.425. The summed E-state index contributed by atoms with van der Waals surface area (Å²) < 4.78 is 19.0. The summed E-state index contributed by atoms with van der Waals surface area (Å²) in [6, 6.07) is 4.74. The molecule has 4 rings (SSSR count). The maximum Gasteiger partial charge on any atom is 0.225 e. The predicted molar refractivity (Wildman–Crippen MR) is 96.4 cm³/mol. The number of hydrogen-bond acceptors (Lipinski definition) is 5. The molecule has 1 N–H and O–H groups in total. The molecule has 1 unspecified atom stereocenters. The second-order valence-corrected chi connectivity index (χ2v) is 7.04. The minimum Gasteiger partial charge on any atom is -0.381 e. The molecule has 0 spiro atoms. The van der Waals surface area contributed by atoms with Crippen molar-refractivity contribution in [2.75, 3.05) is 31.2 Å². The van der Waals surface area contributed by atoms with E-state index in [-0.39, 0.29) is 23.7 Å². The van der Waals surface area contributed by atoms with Crippen molar-refractivity contribution in [1.29, 1.82) is 0 Å². The number of hydrogen-bond donors (Lipinski definition) is 1. The molecule has 0 saturated carbocycles. The number of halogens is 1. The standard InChI is InChI=1S/C19H23FN4O2/c20-14-3-4-17-16(10-14)18(22-12-21-17)24-7-1-2-13(11-24)19(25)23-15-5-8-26-9-6-15/h3-4,10,12-13,15H,1-2,5-9,11H2,(H,23,25). The number of benzene rings is 1. The Morgan fingerprint density at radius 2 is 2.08 bits per heavy atom. The quantitative estimate of drug-likeness (QED) is 0.912. The number of aromatic nitrogens is 2. The zero-order valence-corrected chi connectivity index (χ0v) is 14.7. The normalized spacial score (nSPS) is 21.7. The van der Waals surface area contributed by atoms with Gasteiger partial charge in [0.25, 0.3) is 0 Å². The molecule has 1 aromatic carbocycles. The molecule has 2 saturated heterocycles. The van der Waals surface area contributed by atoms with E-state index in [2.05, 4.69) is 20.2 Å². The number of carbonyl (C=O) groups is 1. The summed E-state index contributed by atoms with van der Waals surface area (Å²) in [6.45, 7) is 2.82. The Kier molecular flexibility index (Phi) is 4.97. The van der Waals surface area contributed by atoms with Gasteiger partial charge in [0, 0.05) is 37.7 Å². The molecule has 0 radical (unpaired) electrons. The summed E-state index contributed by atoms with van der Waals surface area (Å²) in [7, 11) is 0. The van der Waals surface area contributed by atoms with Gasteiger partial charge in [-0.15, -0.1) is 0 Å². The molecule has 1 amide bonds. The van der Waals surface area contributed by atoms with E-state index in [1.165, 1.54) is 18.5 Å². The maximum atomic E-state index is 13.7. The van der Waals surface area contributed by atoms with E-state index >= 15 is 0 Å². The first-order chi connectivity index (χ1) is 12.7. The van der Waals surface area contributed by atoms with Crippen LogP contribution in [-0.4, -0.2) is 48.2 Å². The molecule has 2 aliphatic heterocycles. The summed E-state index contributed by atoms with van der Waals surface area (Å²) in [6.07, 6.45) is 5.02. The van der Waals surface area contributed by atoms with Crippen LogP contribution in [0.25, 0.3) is 10.9 Å². The number of nitrogens with one attached hydrogen (secondary N) is 1. The van der Waals surface area contributed by atoms with Crippen molar-refractivity contribution in [2.45, 2.75) is 31.7 Å². The third-order valence-corrected chi connectivity index (χ3v) is 5.24. The average molecular weight is 358 g/mol. The molecule has 2 fully saturated rings. The number of piperidine rings is 1. The fourth-order valence-corrected chi connectivity index (χ4v) is 3.81. The molecule has 7 heteroatoms. The Morgan fingerprint density at radius 3 is 2.92 bits per heavy atom. The van der Waals surface area contributed by atoms with Gasteiger partial charge >= 0.3 is 0 Å². The Bertz CT molecular complexity index is 794. The van der Waals surface area contributed by atoms with Crippen LogP contribution in [0.4, 0.5) is 10.2 Å². The van der Waals surface area contributed by atoms with Crippen molar-refractivity contribution in [3.63, 3.8) is 0 Å². The van der Waals surface area contributed by atoms with Crippen LogP contribution in [-0.2, 0) is 9.53 Å². The molecule has 2 aliphatic rings. The van der Waals surface area contributed by atoms with Crippen LogP contribution in [0, 0.1) is 11.7 Å². The van der Waals surface area contributed by atoms with Gasteiger partial charge in [-0.2, -0.15) is 0 Å². The number of carbonyl (C=O) groups excluding carboxylic acids is 1. The highest BCUT2D eigenvalue weighted by Gasteiger charge is 2.29. The van der Waals surface area contributed by atoms with E-state index in [0.29, 0.717) is 36.5 Å². The lowest BCUT2D eigenvalue weighted by molar-refractivity contribution is -0.126. The highest BCUT2D eigenvalue weighted by molar-refractivity contribution is 5.89.